The van der Waals surface area contributed by atoms with Crippen molar-refractivity contribution in [3.63, 3.8) is 0 Å². The zero-order valence-corrected chi connectivity index (χ0v) is 11.6. The minimum atomic E-state index is -0.377. The predicted molar refractivity (Wildman–Crippen MR) is 75.1 cm³/mol. The van der Waals surface area contributed by atoms with E-state index in [0.29, 0.717) is 16.5 Å². The Morgan fingerprint density at radius 2 is 2.16 bits per heavy atom. The van der Waals surface area contributed by atoms with Gasteiger partial charge in [0.15, 0.2) is 0 Å². The average molecular weight is 299 g/mol. The molecule has 1 aromatic carbocycles. The Balaban J connectivity index is 2.18. The Labute approximate surface area is 119 Å². The number of amidine groups is 1. The SMILES string of the molecule is COC(=O)CC1SC(=O)NC1=Nc1ccc(Cl)cc1. The van der Waals surface area contributed by atoms with Crippen LogP contribution in [0.1, 0.15) is 6.42 Å². The number of ether oxygens (including phenoxy) is 1. The number of thioether (sulfide) groups is 1. The van der Waals surface area contributed by atoms with Gasteiger partial charge in [-0.05, 0) is 24.3 Å². The second kappa shape index (κ2) is 6.08. The second-order valence-electron chi connectivity index (χ2n) is 3.77. The summed E-state index contributed by atoms with van der Waals surface area (Å²) in [6.45, 7) is 0. The summed E-state index contributed by atoms with van der Waals surface area (Å²) in [6.07, 6.45) is 0.104. The highest BCUT2D eigenvalue weighted by Gasteiger charge is 2.31. The number of esters is 1. The van der Waals surface area contributed by atoms with Crippen LogP contribution < -0.4 is 5.32 Å². The van der Waals surface area contributed by atoms with Crippen LogP contribution in [0.15, 0.2) is 29.3 Å². The number of carbonyl (C=O) groups excluding carboxylic acids is 2. The van der Waals surface area contributed by atoms with Crippen LogP contribution >= 0.6 is 23.4 Å². The monoisotopic (exact) mass is 298 g/mol. The lowest BCUT2D eigenvalue weighted by molar-refractivity contribution is -0.140. The number of carbonyl (C=O) groups is 2. The number of methoxy groups -OCH3 is 1. The van der Waals surface area contributed by atoms with Gasteiger partial charge >= 0.3 is 5.97 Å². The molecular weight excluding hydrogens is 288 g/mol. The topological polar surface area (TPSA) is 67.8 Å². The maximum Gasteiger partial charge on any atom is 0.307 e. The van der Waals surface area contributed by atoms with Gasteiger partial charge in [-0.1, -0.05) is 23.4 Å². The van der Waals surface area contributed by atoms with Crippen molar-refractivity contribution in [3.05, 3.63) is 29.3 Å². The molecule has 1 N–H and O–H groups in total. The van der Waals surface area contributed by atoms with Crippen LogP contribution in [-0.4, -0.2) is 29.4 Å². The Bertz CT molecular complexity index is 530. The summed E-state index contributed by atoms with van der Waals surface area (Å²) in [4.78, 5) is 27.0. The number of benzene rings is 1. The number of nitrogens with zero attached hydrogens (tertiary/aromatic N) is 1. The maximum atomic E-state index is 11.4. The van der Waals surface area contributed by atoms with E-state index in [2.05, 4.69) is 15.0 Å². The molecule has 1 fully saturated rings. The van der Waals surface area contributed by atoms with E-state index in [0.717, 1.165) is 11.8 Å². The molecule has 1 atom stereocenters. The molecule has 1 amide bonds. The molecule has 19 heavy (non-hydrogen) atoms. The maximum absolute atomic E-state index is 11.4. The number of amides is 1. The molecule has 1 aliphatic heterocycles. The fourth-order valence-electron chi connectivity index (χ4n) is 1.53. The fourth-order valence-corrected chi connectivity index (χ4v) is 2.52. The highest BCUT2D eigenvalue weighted by molar-refractivity contribution is 8.15. The first kappa shape index (κ1) is 13.9. The van der Waals surface area contributed by atoms with Crippen LogP contribution in [0.3, 0.4) is 0 Å². The van der Waals surface area contributed by atoms with Crippen molar-refractivity contribution in [1.29, 1.82) is 0 Å². The van der Waals surface area contributed by atoms with Gasteiger partial charge < -0.3 is 10.1 Å². The summed E-state index contributed by atoms with van der Waals surface area (Å²) in [6, 6.07) is 6.89. The molecule has 0 spiro atoms. The van der Waals surface area contributed by atoms with Gasteiger partial charge in [0.1, 0.15) is 5.84 Å². The molecule has 0 radical (unpaired) electrons. The molecule has 1 saturated heterocycles. The van der Waals surface area contributed by atoms with E-state index in [4.69, 9.17) is 11.6 Å². The van der Waals surface area contributed by atoms with E-state index in [-0.39, 0.29) is 22.9 Å². The highest BCUT2D eigenvalue weighted by Crippen LogP contribution is 2.26. The third-order valence-corrected chi connectivity index (χ3v) is 3.68. The summed E-state index contributed by atoms with van der Waals surface area (Å²) in [5, 5.41) is 2.68. The smallest absolute Gasteiger partial charge is 0.307 e. The first-order chi connectivity index (χ1) is 9.08. The fraction of sp³-hybridized carbons (Fsp3) is 0.250. The number of hydrogen-bond acceptors (Lipinski definition) is 5. The Kier molecular flexibility index (Phi) is 4.44. The van der Waals surface area contributed by atoms with Gasteiger partial charge in [0.25, 0.3) is 5.24 Å². The zero-order valence-electron chi connectivity index (χ0n) is 10.1. The van der Waals surface area contributed by atoms with Crippen molar-refractivity contribution in [2.75, 3.05) is 7.11 Å². The van der Waals surface area contributed by atoms with E-state index < -0.39 is 0 Å². The Morgan fingerprint density at radius 1 is 1.47 bits per heavy atom. The van der Waals surface area contributed by atoms with Crippen molar-refractivity contribution in [2.45, 2.75) is 11.7 Å². The largest absolute Gasteiger partial charge is 0.469 e. The molecule has 0 aliphatic carbocycles. The van der Waals surface area contributed by atoms with Crippen LogP contribution in [0.2, 0.25) is 5.02 Å². The van der Waals surface area contributed by atoms with E-state index in [1.54, 1.807) is 24.3 Å². The lowest BCUT2D eigenvalue weighted by Gasteiger charge is -2.06. The number of halogens is 1. The quantitative estimate of drug-likeness (QED) is 0.871. The van der Waals surface area contributed by atoms with Crippen LogP contribution in [0.25, 0.3) is 0 Å². The van der Waals surface area contributed by atoms with Crippen molar-refractivity contribution in [2.24, 2.45) is 4.99 Å². The minimum Gasteiger partial charge on any atom is -0.469 e. The minimum absolute atomic E-state index is 0.104. The average Bonchev–Trinajstić information content (AvgIpc) is 2.72. The first-order valence-corrected chi connectivity index (χ1v) is 6.73. The highest BCUT2D eigenvalue weighted by atomic mass is 35.5. The van der Waals surface area contributed by atoms with Gasteiger partial charge in [-0.3, -0.25) is 9.59 Å². The van der Waals surface area contributed by atoms with E-state index in [9.17, 15) is 9.59 Å². The molecule has 0 bridgehead atoms. The summed E-state index contributed by atoms with van der Waals surface area (Å²) in [5.41, 5.74) is 0.664. The summed E-state index contributed by atoms with van der Waals surface area (Å²) >= 11 is 6.82. The van der Waals surface area contributed by atoms with E-state index >= 15 is 0 Å². The predicted octanol–water partition coefficient (Wildman–Crippen LogP) is 2.76. The van der Waals surface area contributed by atoms with Crippen LogP contribution in [-0.2, 0) is 9.53 Å². The van der Waals surface area contributed by atoms with Gasteiger partial charge in [0, 0.05) is 5.02 Å². The standard InChI is InChI=1S/C12H11ClN2O3S/c1-18-10(16)6-9-11(15-12(17)19-9)14-8-4-2-7(13)3-5-8/h2-5,9H,6H2,1H3,(H,14,15,17). The molecule has 0 saturated carbocycles. The van der Waals surface area contributed by atoms with E-state index in [1.165, 1.54) is 7.11 Å². The van der Waals surface area contributed by atoms with Crippen molar-refractivity contribution in [1.82, 2.24) is 5.32 Å². The van der Waals surface area contributed by atoms with Gasteiger partial charge in [0.2, 0.25) is 0 Å². The van der Waals surface area contributed by atoms with Crippen LogP contribution in [0, 0.1) is 0 Å². The second-order valence-corrected chi connectivity index (χ2v) is 5.38. The first-order valence-electron chi connectivity index (χ1n) is 5.47. The normalized spacial score (nSPS) is 20.4. The van der Waals surface area contributed by atoms with Crippen molar-refractivity contribution < 1.29 is 14.3 Å². The van der Waals surface area contributed by atoms with Crippen molar-refractivity contribution >= 4 is 46.1 Å². The third kappa shape index (κ3) is 3.71. The molecule has 1 unspecified atom stereocenters. The van der Waals surface area contributed by atoms with Crippen molar-refractivity contribution in [3.8, 4) is 0 Å². The van der Waals surface area contributed by atoms with Gasteiger partial charge in [-0.2, -0.15) is 0 Å². The molecule has 5 nitrogen and oxygen atoms in total. The number of aliphatic imine (C=N–C) groups is 1. The number of nitrogens with one attached hydrogen (secondary N) is 1. The van der Waals surface area contributed by atoms with Gasteiger partial charge in [0.05, 0.1) is 24.5 Å². The molecule has 1 aliphatic rings. The molecule has 1 aromatic rings. The lowest BCUT2D eigenvalue weighted by Crippen LogP contribution is -2.26. The molecule has 100 valence electrons. The summed E-state index contributed by atoms with van der Waals surface area (Å²) in [7, 11) is 1.31. The summed E-state index contributed by atoms with van der Waals surface area (Å²) < 4.78 is 4.60. The third-order valence-electron chi connectivity index (χ3n) is 2.44. The van der Waals surface area contributed by atoms with Gasteiger partial charge in [-0.25, -0.2) is 4.99 Å². The molecule has 0 aromatic heterocycles. The molecular formula is C12H11ClN2O3S. The van der Waals surface area contributed by atoms with E-state index in [1.807, 2.05) is 0 Å². The number of rotatable bonds is 3. The Morgan fingerprint density at radius 3 is 2.79 bits per heavy atom. The Hall–Kier alpha value is -1.53. The molecule has 2 rings (SSSR count). The van der Waals surface area contributed by atoms with Crippen LogP contribution in [0.5, 0.6) is 0 Å². The zero-order chi connectivity index (χ0) is 13.8. The summed E-state index contributed by atoms with van der Waals surface area (Å²) in [5.74, 6) is 0.0838. The van der Waals surface area contributed by atoms with Crippen LogP contribution in [0.4, 0.5) is 10.5 Å². The molecule has 7 heteroatoms. The molecule has 1 heterocycles. The lowest BCUT2D eigenvalue weighted by atomic mass is 10.2. The number of hydrogen-bond donors (Lipinski definition) is 1. The van der Waals surface area contributed by atoms with Gasteiger partial charge in [-0.15, -0.1) is 0 Å².